The Morgan fingerprint density at radius 1 is 1.11 bits per heavy atom. The lowest BCUT2D eigenvalue weighted by Gasteiger charge is -2.21. The first-order valence-corrected chi connectivity index (χ1v) is 3.61. The van der Waals surface area contributed by atoms with Crippen molar-refractivity contribution in [1.29, 1.82) is 0 Å². The molecule has 0 aromatic carbocycles. The van der Waals surface area contributed by atoms with Crippen LogP contribution in [-0.2, 0) is 0 Å². The molecule has 9 heavy (non-hydrogen) atoms. The maximum Gasteiger partial charge on any atom is 0.0260 e. The second kappa shape index (κ2) is 3.40. The Bertz CT molecular complexity index is 123. The number of hydrogen-bond acceptors (Lipinski definition) is 1. The average Bonchev–Trinajstić information content (AvgIpc) is 1.91. The fraction of sp³-hybridized carbons (Fsp3) is 0.750. The Morgan fingerprint density at radius 2 is 1.78 bits per heavy atom. The van der Waals surface area contributed by atoms with Gasteiger partial charge in [0.2, 0.25) is 0 Å². The lowest BCUT2D eigenvalue weighted by Crippen LogP contribution is -2.24. The molecule has 0 atom stereocenters. The van der Waals surface area contributed by atoms with Crippen molar-refractivity contribution >= 4 is 0 Å². The van der Waals surface area contributed by atoms with Gasteiger partial charge in [-0.1, -0.05) is 5.92 Å². The van der Waals surface area contributed by atoms with E-state index in [2.05, 4.69) is 16.9 Å². The standard InChI is InChI=1S/C8H13N/c1-2-6-9-7-4-3-5-8-9/h3-5,7-8H2,1H3. The van der Waals surface area contributed by atoms with Crippen LogP contribution >= 0.6 is 0 Å². The molecule has 0 unspecified atom stereocenters. The molecule has 1 aliphatic rings. The smallest absolute Gasteiger partial charge is 0.0260 e. The second-order valence-corrected chi connectivity index (χ2v) is 2.41. The third-order valence-electron chi connectivity index (χ3n) is 1.63. The van der Waals surface area contributed by atoms with Gasteiger partial charge in [-0.2, -0.15) is 0 Å². The molecule has 0 saturated carbocycles. The van der Waals surface area contributed by atoms with Crippen molar-refractivity contribution in [2.75, 3.05) is 13.1 Å². The van der Waals surface area contributed by atoms with Crippen molar-refractivity contribution in [3.8, 4) is 12.0 Å². The molecule has 0 aromatic rings. The van der Waals surface area contributed by atoms with Crippen molar-refractivity contribution in [1.82, 2.24) is 4.90 Å². The molecule has 1 nitrogen and oxygen atoms in total. The number of likely N-dealkylation sites (tertiary alicyclic amines) is 1. The van der Waals surface area contributed by atoms with Gasteiger partial charge in [-0.25, -0.2) is 0 Å². The van der Waals surface area contributed by atoms with Crippen LogP contribution in [0, 0.1) is 12.0 Å². The monoisotopic (exact) mass is 123 g/mol. The summed E-state index contributed by atoms with van der Waals surface area (Å²) >= 11 is 0. The first kappa shape index (κ1) is 6.48. The second-order valence-electron chi connectivity index (χ2n) is 2.41. The van der Waals surface area contributed by atoms with Gasteiger partial charge < -0.3 is 4.90 Å². The van der Waals surface area contributed by atoms with Crippen molar-refractivity contribution in [3.05, 3.63) is 0 Å². The highest BCUT2D eigenvalue weighted by Crippen LogP contribution is 2.06. The highest BCUT2D eigenvalue weighted by atomic mass is 15.1. The minimum absolute atomic E-state index is 1.18. The van der Waals surface area contributed by atoms with Gasteiger partial charge in [0.15, 0.2) is 0 Å². The quantitative estimate of drug-likeness (QED) is 0.441. The average molecular weight is 123 g/mol. The van der Waals surface area contributed by atoms with Gasteiger partial charge in [-0.15, -0.1) is 0 Å². The fourth-order valence-electron chi connectivity index (χ4n) is 1.16. The minimum Gasteiger partial charge on any atom is -0.333 e. The molecule has 0 aromatic heterocycles. The summed E-state index contributed by atoms with van der Waals surface area (Å²) in [6.07, 6.45) is 4.05. The van der Waals surface area contributed by atoms with Gasteiger partial charge in [0.05, 0.1) is 0 Å². The zero-order valence-electron chi connectivity index (χ0n) is 5.98. The van der Waals surface area contributed by atoms with E-state index in [4.69, 9.17) is 0 Å². The predicted octanol–water partition coefficient (Wildman–Crippen LogP) is 1.45. The van der Waals surface area contributed by atoms with Crippen LogP contribution in [-0.4, -0.2) is 18.0 Å². The molecule has 1 rings (SSSR count). The van der Waals surface area contributed by atoms with Crippen LogP contribution in [0.1, 0.15) is 26.2 Å². The van der Waals surface area contributed by atoms with E-state index in [1.807, 2.05) is 6.92 Å². The third-order valence-corrected chi connectivity index (χ3v) is 1.63. The van der Waals surface area contributed by atoms with Gasteiger partial charge in [0.1, 0.15) is 0 Å². The number of nitrogens with zero attached hydrogens (tertiary/aromatic N) is 1. The molecule has 1 saturated heterocycles. The highest BCUT2D eigenvalue weighted by molar-refractivity contribution is 4.95. The number of hydrogen-bond donors (Lipinski definition) is 0. The minimum atomic E-state index is 1.18. The zero-order valence-corrected chi connectivity index (χ0v) is 5.98. The Balaban J connectivity index is 2.28. The largest absolute Gasteiger partial charge is 0.333 e. The molecule has 1 fully saturated rings. The van der Waals surface area contributed by atoms with E-state index in [-0.39, 0.29) is 0 Å². The first-order chi connectivity index (χ1) is 4.43. The number of rotatable bonds is 0. The molecular weight excluding hydrogens is 110 g/mol. The summed E-state index contributed by atoms with van der Waals surface area (Å²) in [5.41, 5.74) is 0. The van der Waals surface area contributed by atoms with Crippen LogP contribution in [0.3, 0.4) is 0 Å². The van der Waals surface area contributed by atoms with E-state index in [0.29, 0.717) is 0 Å². The SMILES string of the molecule is CC#CN1CCCCC1. The lowest BCUT2D eigenvalue weighted by atomic mass is 10.1. The molecule has 0 spiro atoms. The van der Waals surface area contributed by atoms with Gasteiger partial charge in [0, 0.05) is 19.1 Å². The molecule has 1 heterocycles. The molecule has 0 radical (unpaired) electrons. The van der Waals surface area contributed by atoms with Crippen LogP contribution in [0.25, 0.3) is 0 Å². The number of piperidine rings is 1. The Kier molecular flexibility index (Phi) is 2.45. The Morgan fingerprint density at radius 3 is 2.33 bits per heavy atom. The summed E-state index contributed by atoms with van der Waals surface area (Å²) in [7, 11) is 0. The summed E-state index contributed by atoms with van der Waals surface area (Å²) in [5.74, 6) is 2.91. The van der Waals surface area contributed by atoms with Crippen molar-refractivity contribution in [2.45, 2.75) is 26.2 Å². The van der Waals surface area contributed by atoms with Crippen LogP contribution in [0.15, 0.2) is 0 Å². The van der Waals surface area contributed by atoms with E-state index >= 15 is 0 Å². The van der Waals surface area contributed by atoms with E-state index in [1.54, 1.807) is 0 Å². The molecule has 0 bridgehead atoms. The van der Waals surface area contributed by atoms with Crippen molar-refractivity contribution in [3.63, 3.8) is 0 Å². The fourth-order valence-corrected chi connectivity index (χ4v) is 1.16. The molecule has 50 valence electrons. The molecule has 1 aliphatic heterocycles. The lowest BCUT2D eigenvalue weighted by molar-refractivity contribution is 0.326. The summed E-state index contributed by atoms with van der Waals surface area (Å²) in [6.45, 7) is 4.26. The highest BCUT2D eigenvalue weighted by Gasteiger charge is 2.04. The van der Waals surface area contributed by atoms with Gasteiger partial charge in [-0.3, -0.25) is 0 Å². The van der Waals surface area contributed by atoms with Crippen LogP contribution in [0.4, 0.5) is 0 Å². The summed E-state index contributed by atoms with van der Waals surface area (Å²) in [5, 5.41) is 0. The van der Waals surface area contributed by atoms with Gasteiger partial charge in [0.25, 0.3) is 0 Å². The summed E-state index contributed by atoms with van der Waals surface area (Å²) < 4.78 is 0. The van der Waals surface area contributed by atoms with E-state index < -0.39 is 0 Å². The van der Waals surface area contributed by atoms with E-state index in [0.717, 1.165) is 0 Å². The van der Waals surface area contributed by atoms with Gasteiger partial charge in [-0.05, 0) is 26.2 Å². The summed E-state index contributed by atoms with van der Waals surface area (Å²) in [4.78, 5) is 2.21. The Labute approximate surface area is 57.0 Å². The first-order valence-electron chi connectivity index (χ1n) is 3.61. The molecule has 0 amide bonds. The molecular formula is C8H13N. The molecule has 0 aliphatic carbocycles. The topological polar surface area (TPSA) is 3.24 Å². The molecule has 1 heteroatoms. The maximum atomic E-state index is 3.07. The summed E-state index contributed by atoms with van der Waals surface area (Å²) in [6, 6.07) is 3.07. The predicted molar refractivity (Wildman–Crippen MR) is 38.9 cm³/mol. The van der Waals surface area contributed by atoms with Crippen molar-refractivity contribution < 1.29 is 0 Å². The third kappa shape index (κ3) is 1.97. The van der Waals surface area contributed by atoms with Crippen molar-refractivity contribution in [2.24, 2.45) is 0 Å². The van der Waals surface area contributed by atoms with E-state index in [1.165, 1.54) is 32.4 Å². The maximum absolute atomic E-state index is 3.07. The van der Waals surface area contributed by atoms with Crippen LogP contribution in [0.5, 0.6) is 0 Å². The Hall–Kier alpha value is -0.640. The van der Waals surface area contributed by atoms with Crippen LogP contribution < -0.4 is 0 Å². The normalized spacial score (nSPS) is 18.6. The van der Waals surface area contributed by atoms with Crippen LogP contribution in [0.2, 0.25) is 0 Å². The van der Waals surface area contributed by atoms with E-state index in [9.17, 15) is 0 Å². The molecule has 0 N–H and O–H groups in total. The zero-order chi connectivity index (χ0) is 6.53. The van der Waals surface area contributed by atoms with Gasteiger partial charge >= 0.3 is 0 Å².